The Kier molecular flexibility index (Phi) is 4.38. The molecule has 1 aromatic heterocycles. The fraction of sp³-hybridized carbons (Fsp3) is 0.0870. The third-order valence-corrected chi connectivity index (χ3v) is 4.80. The summed E-state index contributed by atoms with van der Waals surface area (Å²) in [7, 11) is 0. The normalized spacial score (nSPS) is 11.4. The van der Waals surface area contributed by atoms with E-state index in [2.05, 4.69) is 82.8 Å². The van der Waals surface area contributed by atoms with Gasteiger partial charge in [0.05, 0.1) is 11.1 Å². The van der Waals surface area contributed by atoms with Crippen molar-refractivity contribution in [3.63, 3.8) is 0 Å². The van der Waals surface area contributed by atoms with Crippen molar-refractivity contribution in [2.24, 2.45) is 0 Å². The minimum absolute atomic E-state index is 0.117. The molecule has 2 N–H and O–H groups in total. The number of aromatic amines is 1. The summed E-state index contributed by atoms with van der Waals surface area (Å²) in [6.45, 7) is -0.117. The van der Waals surface area contributed by atoms with Gasteiger partial charge in [0.2, 0.25) is 0 Å². The van der Waals surface area contributed by atoms with Gasteiger partial charge in [-0.2, -0.15) is 0 Å². The lowest BCUT2D eigenvalue weighted by Crippen LogP contribution is -2.31. The summed E-state index contributed by atoms with van der Waals surface area (Å²) in [5, 5.41) is 9.53. The number of hydrogen-bond acceptors (Lipinski definition) is 2. The molecule has 0 saturated carbocycles. The molecule has 26 heavy (non-hydrogen) atoms. The Balaban J connectivity index is 2.10. The van der Waals surface area contributed by atoms with Crippen LogP contribution in [0.1, 0.15) is 28.2 Å². The SMILES string of the molecule is OCc1ncc(C(c2ccccc2)(c2ccccc2)c2ccccc2)[nH]1. The van der Waals surface area contributed by atoms with Gasteiger partial charge in [0.1, 0.15) is 12.4 Å². The first-order chi connectivity index (χ1) is 12.9. The number of H-pyrrole nitrogens is 1. The molecule has 0 aliphatic carbocycles. The van der Waals surface area contributed by atoms with Gasteiger partial charge < -0.3 is 10.1 Å². The zero-order chi connectivity index (χ0) is 17.8. The standard InChI is InChI=1S/C23H20N2O/c26-17-22-24-16-21(25-22)23(18-10-4-1-5-11-18,19-12-6-2-7-13-19)20-14-8-3-9-15-20/h1-16,26H,17H2,(H,24,25). The van der Waals surface area contributed by atoms with Crippen molar-refractivity contribution < 1.29 is 5.11 Å². The zero-order valence-corrected chi connectivity index (χ0v) is 14.3. The highest BCUT2D eigenvalue weighted by atomic mass is 16.3. The van der Waals surface area contributed by atoms with E-state index in [4.69, 9.17) is 0 Å². The number of nitrogens with zero attached hydrogens (tertiary/aromatic N) is 1. The molecule has 0 amide bonds. The summed E-state index contributed by atoms with van der Waals surface area (Å²) in [5.41, 5.74) is 3.83. The fourth-order valence-corrected chi connectivity index (χ4v) is 3.66. The molecule has 0 atom stereocenters. The molecule has 3 nitrogen and oxygen atoms in total. The molecule has 0 bridgehead atoms. The number of rotatable bonds is 5. The molecule has 0 aliphatic rings. The van der Waals surface area contributed by atoms with Crippen LogP contribution in [0.15, 0.2) is 97.2 Å². The molecule has 0 spiro atoms. The minimum Gasteiger partial charge on any atom is -0.388 e. The maximum absolute atomic E-state index is 9.53. The van der Waals surface area contributed by atoms with Crippen molar-refractivity contribution in [2.75, 3.05) is 0 Å². The van der Waals surface area contributed by atoms with Crippen LogP contribution < -0.4 is 0 Å². The van der Waals surface area contributed by atoms with Crippen LogP contribution in [0, 0.1) is 0 Å². The highest BCUT2D eigenvalue weighted by Crippen LogP contribution is 2.44. The van der Waals surface area contributed by atoms with Gasteiger partial charge in [-0.1, -0.05) is 91.0 Å². The predicted octanol–water partition coefficient (Wildman–Crippen LogP) is 4.28. The second kappa shape index (κ2) is 6.98. The number of aromatic nitrogens is 2. The Morgan fingerprint density at radius 3 is 1.46 bits per heavy atom. The van der Waals surface area contributed by atoms with E-state index in [0.29, 0.717) is 5.82 Å². The Labute approximate surface area is 153 Å². The Hall–Kier alpha value is -3.17. The molecule has 0 radical (unpaired) electrons. The molecular weight excluding hydrogens is 320 g/mol. The number of hydrogen-bond donors (Lipinski definition) is 2. The summed E-state index contributed by atoms with van der Waals surface area (Å²) in [4.78, 5) is 7.71. The molecular formula is C23H20N2O. The van der Waals surface area contributed by atoms with Crippen molar-refractivity contribution in [3.8, 4) is 0 Å². The lowest BCUT2D eigenvalue weighted by atomic mass is 9.67. The fourth-order valence-electron chi connectivity index (χ4n) is 3.66. The maximum atomic E-state index is 9.53. The quantitative estimate of drug-likeness (QED) is 0.533. The van der Waals surface area contributed by atoms with Gasteiger partial charge in [-0.3, -0.25) is 0 Å². The highest BCUT2D eigenvalue weighted by Gasteiger charge is 2.39. The minimum atomic E-state index is -0.537. The third kappa shape index (κ3) is 2.63. The van der Waals surface area contributed by atoms with E-state index in [0.717, 1.165) is 22.4 Å². The van der Waals surface area contributed by atoms with Gasteiger partial charge in [0.25, 0.3) is 0 Å². The third-order valence-electron chi connectivity index (χ3n) is 4.80. The van der Waals surface area contributed by atoms with Crippen molar-refractivity contribution in [1.82, 2.24) is 9.97 Å². The van der Waals surface area contributed by atoms with Crippen LogP contribution in [0.4, 0.5) is 0 Å². The van der Waals surface area contributed by atoms with E-state index >= 15 is 0 Å². The number of imidazole rings is 1. The first kappa shape index (κ1) is 16.3. The molecule has 3 aromatic carbocycles. The molecule has 0 unspecified atom stereocenters. The van der Waals surface area contributed by atoms with E-state index in [1.54, 1.807) is 0 Å². The maximum Gasteiger partial charge on any atom is 0.132 e. The topological polar surface area (TPSA) is 48.9 Å². The summed E-state index contributed by atoms with van der Waals surface area (Å²) < 4.78 is 0. The lowest BCUT2D eigenvalue weighted by Gasteiger charge is -2.35. The number of aliphatic hydroxyl groups excluding tert-OH is 1. The lowest BCUT2D eigenvalue weighted by molar-refractivity contribution is 0.272. The smallest absolute Gasteiger partial charge is 0.132 e. The molecule has 0 saturated heterocycles. The van der Waals surface area contributed by atoms with E-state index < -0.39 is 5.41 Å². The van der Waals surface area contributed by atoms with E-state index in [-0.39, 0.29) is 6.61 Å². The Bertz CT molecular complexity index is 866. The van der Waals surface area contributed by atoms with E-state index in [9.17, 15) is 5.11 Å². The van der Waals surface area contributed by atoms with Crippen LogP contribution in [0.2, 0.25) is 0 Å². The average Bonchev–Trinajstić information content (AvgIpc) is 3.21. The van der Waals surface area contributed by atoms with Crippen LogP contribution in [0.5, 0.6) is 0 Å². The first-order valence-electron chi connectivity index (χ1n) is 8.67. The van der Waals surface area contributed by atoms with Crippen LogP contribution >= 0.6 is 0 Å². The van der Waals surface area contributed by atoms with Crippen LogP contribution in [-0.2, 0) is 12.0 Å². The van der Waals surface area contributed by atoms with Crippen LogP contribution in [0.25, 0.3) is 0 Å². The molecule has 4 aromatic rings. The molecule has 1 heterocycles. The second-order valence-electron chi connectivity index (χ2n) is 6.25. The van der Waals surface area contributed by atoms with E-state index in [1.165, 1.54) is 0 Å². The average molecular weight is 340 g/mol. The van der Waals surface area contributed by atoms with Gasteiger partial charge in [-0.05, 0) is 16.7 Å². The summed E-state index contributed by atoms with van der Waals surface area (Å²) in [6, 6.07) is 31.2. The van der Waals surface area contributed by atoms with Gasteiger partial charge in [-0.15, -0.1) is 0 Å². The van der Waals surface area contributed by atoms with Crippen LogP contribution in [-0.4, -0.2) is 15.1 Å². The van der Waals surface area contributed by atoms with Gasteiger partial charge in [0, 0.05) is 6.20 Å². The molecule has 4 rings (SSSR count). The molecule has 3 heteroatoms. The van der Waals surface area contributed by atoms with Crippen molar-refractivity contribution in [2.45, 2.75) is 12.0 Å². The summed E-state index contributed by atoms with van der Waals surface area (Å²) in [6.07, 6.45) is 1.83. The highest BCUT2D eigenvalue weighted by molar-refractivity contribution is 5.57. The van der Waals surface area contributed by atoms with Crippen LogP contribution in [0.3, 0.4) is 0 Å². The number of nitrogens with one attached hydrogen (secondary N) is 1. The van der Waals surface area contributed by atoms with E-state index in [1.807, 2.05) is 24.4 Å². The predicted molar refractivity (Wildman–Crippen MR) is 103 cm³/mol. The Morgan fingerprint density at radius 2 is 1.12 bits per heavy atom. The van der Waals surface area contributed by atoms with Crippen molar-refractivity contribution >= 4 is 0 Å². The molecule has 0 aliphatic heterocycles. The number of benzene rings is 3. The van der Waals surface area contributed by atoms with Crippen molar-refractivity contribution in [3.05, 3.63) is 125 Å². The second-order valence-corrected chi connectivity index (χ2v) is 6.25. The van der Waals surface area contributed by atoms with Crippen molar-refractivity contribution in [1.29, 1.82) is 0 Å². The monoisotopic (exact) mass is 340 g/mol. The van der Waals surface area contributed by atoms with Gasteiger partial charge in [0.15, 0.2) is 0 Å². The summed E-state index contributed by atoms with van der Waals surface area (Å²) in [5.74, 6) is 0.562. The summed E-state index contributed by atoms with van der Waals surface area (Å²) >= 11 is 0. The van der Waals surface area contributed by atoms with Gasteiger partial charge in [-0.25, -0.2) is 4.98 Å². The largest absolute Gasteiger partial charge is 0.388 e. The molecule has 0 fully saturated rings. The Morgan fingerprint density at radius 1 is 0.692 bits per heavy atom. The number of aliphatic hydroxyl groups is 1. The first-order valence-corrected chi connectivity index (χ1v) is 8.67. The van der Waals surface area contributed by atoms with Gasteiger partial charge >= 0.3 is 0 Å². The molecule has 128 valence electrons. The zero-order valence-electron chi connectivity index (χ0n) is 14.3.